The van der Waals surface area contributed by atoms with Crippen molar-refractivity contribution in [1.82, 2.24) is 5.32 Å². The number of thioether (sulfide) groups is 1. The minimum Gasteiger partial charge on any atom is -0.451 e. The zero-order chi connectivity index (χ0) is 15.4. The lowest BCUT2D eigenvalue weighted by molar-refractivity contribution is 0.0908. The number of para-hydroxylation sites is 1. The van der Waals surface area contributed by atoms with Crippen LogP contribution in [0.3, 0.4) is 0 Å². The van der Waals surface area contributed by atoms with E-state index in [9.17, 15) is 14.7 Å². The van der Waals surface area contributed by atoms with E-state index in [0.29, 0.717) is 11.0 Å². The number of carbonyl (C=O) groups excluding carboxylic acids is 1. The molecule has 2 rings (SSSR count). The Labute approximate surface area is 126 Å². The van der Waals surface area contributed by atoms with Crippen molar-refractivity contribution >= 4 is 28.6 Å². The van der Waals surface area contributed by atoms with Crippen LogP contribution in [0.25, 0.3) is 11.0 Å². The Morgan fingerprint density at radius 3 is 2.81 bits per heavy atom. The van der Waals surface area contributed by atoms with Crippen molar-refractivity contribution in [3.8, 4) is 0 Å². The minimum atomic E-state index is -0.460. The molecule has 0 aliphatic rings. The summed E-state index contributed by atoms with van der Waals surface area (Å²) in [4.78, 5) is 24.1. The summed E-state index contributed by atoms with van der Waals surface area (Å²) >= 11 is 1.46. The number of rotatable bonds is 5. The third-order valence-electron chi connectivity index (χ3n) is 3.26. The van der Waals surface area contributed by atoms with E-state index in [2.05, 4.69) is 5.32 Å². The van der Waals surface area contributed by atoms with Crippen molar-refractivity contribution in [2.24, 2.45) is 0 Å². The van der Waals surface area contributed by atoms with E-state index in [1.165, 1.54) is 17.8 Å². The molecule has 5 nitrogen and oxygen atoms in total. The second kappa shape index (κ2) is 6.78. The Hall–Kier alpha value is -1.79. The predicted molar refractivity (Wildman–Crippen MR) is 83.8 cm³/mol. The second-order valence-electron chi connectivity index (χ2n) is 4.69. The van der Waals surface area contributed by atoms with Gasteiger partial charge in [-0.1, -0.05) is 12.1 Å². The predicted octanol–water partition coefficient (Wildman–Crippen LogP) is 1.64. The maximum atomic E-state index is 12.2. The molecule has 2 atom stereocenters. The Balaban J connectivity index is 2.26. The monoisotopic (exact) mass is 307 g/mol. The molecule has 2 unspecified atom stereocenters. The molecule has 0 bridgehead atoms. The lowest BCUT2D eigenvalue weighted by atomic mass is 10.2. The van der Waals surface area contributed by atoms with Crippen molar-refractivity contribution in [3.05, 3.63) is 46.3 Å². The molecule has 0 aliphatic carbocycles. The topological polar surface area (TPSA) is 79.5 Å². The van der Waals surface area contributed by atoms with Crippen molar-refractivity contribution < 1.29 is 14.3 Å². The first-order valence-electron chi connectivity index (χ1n) is 6.54. The molecular weight excluding hydrogens is 290 g/mol. The summed E-state index contributed by atoms with van der Waals surface area (Å²) in [6.45, 7) is 1.76. The van der Waals surface area contributed by atoms with E-state index < -0.39 is 5.91 Å². The fourth-order valence-electron chi connectivity index (χ4n) is 2.02. The Morgan fingerprint density at radius 1 is 1.43 bits per heavy atom. The van der Waals surface area contributed by atoms with E-state index in [-0.39, 0.29) is 29.1 Å². The SMILES string of the molecule is CSC(CO)C(C)NC(=O)c1cc(=O)c2ccccc2o1. The third kappa shape index (κ3) is 3.46. The molecule has 0 aliphatic heterocycles. The smallest absolute Gasteiger partial charge is 0.287 e. The largest absolute Gasteiger partial charge is 0.451 e. The molecule has 21 heavy (non-hydrogen) atoms. The van der Waals surface area contributed by atoms with Crippen molar-refractivity contribution in [1.29, 1.82) is 0 Å². The first-order valence-corrected chi connectivity index (χ1v) is 7.83. The Kier molecular flexibility index (Phi) is 5.03. The van der Waals surface area contributed by atoms with Gasteiger partial charge in [-0.3, -0.25) is 9.59 Å². The average molecular weight is 307 g/mol. The van der Waals surface area contributed by atoms with Crippen LogP contribution in [0.5, 0.6) is 0 Å². The number of hydrogen-bond donors (Lipinski definition) is 2. The van der Waals surface area contributed by atoms with Gasteiger partial charge in [-0.15, -0.1) is 0 Å². The van der Waals surface area contributed by atoms with Crippen molar-refractivity contribution in [2.75, 3.05) is 12.9 Å². The number of benzene rings is 1. The molecule has 112 valence electrons. The maximum Gasteiger partial charge on any atom is 0.287 e. The number of fused-ring (bicyclic) bond motifs is 1. The molecular formula is C15H17NO4S. The molecule has 6 heteroatoms. The number of amides is 1. The van der Waals surface area contributed by atoms with Crippen molar-refractivity contribution in [2.45, 2.75) is 18.2 Å². The van der Waals surface area contributed by atoms with Crippen LogP contribution >= 0.6 is 11.8 Å². The third-order valence-corrected chi connectivity index (χ3v) is 4.42. The number of nitrogens with one attached hydrogen (secondary N) is 1. The highest BCUT2D eigenvalue weighted by molar-refractivity contribution is 7.99. The lowest BCUT2D eigenvalue weighted by Gasteiger charge is -2.20. The Morgan fingerprint density at radius 2 is 2.14 bits per heavy atom. The number of hydrogen-bond acceptors (Lipinski definition) is 5. The molecule has 0 spiro atoms. The average Bonchev–Trinajstić information content (AvgIpc) is 2.48. The molecule has 0 fully saturated rings. The molecule has 2 aromatic rings. The molecule has 0 radical (unpaired) electrons. The van der Waals surface area contributed by atoms with Crippen molar-refractivity contribution in [3.63, 3.8) is 0 Å². The zero-order valence-electron chi connectivity index (χ0n) is 11.8. The minimum absolute atomic E-state index is 0.0247. The second-order valence-corrected chi connectivity index (χ2v) is 5.77. The van der Waals surface area contributed by atoms with Gasteiger partial charge in [-0.25, -0.2) is 0 Å². The van der Waals surface area contributed by atoms with Gasteiger partial charge in [0.15, 0.2) is 11.2 Å². The molecule has 0 saturated carbocycles. The fraction of sp³-hybridized carbons (Fsp3) is 0.333. The first-order chi connectivity index (χ1) is 10.1. The van der Waals surface area contributed by atoms with Crippen LogP contribution in [0.1, 0.15) is 17.5 Å². The molecule has 2 N–H and O–H groups in total. The summed E-state index contributed by atoms with van der Waals surface area (Å²) in [5, 5.41) is 12.3. The first kappa shape index (κ1) is 15.6. The summed E-state index contributed by atoms with van der Waals surface area (Å²) in [5.41, 5.74) is 0.129. The molecule has 0 saturated heterocycles. The van der Waals surface area contributed by atoms with Gasteiger partial charge < -0.3 is 14.8 Å². The van der Waals surface area contributed by atoms with Gasteiger partial charge >= 0.3 is 0 Å². The van der Waals surface area contributed by atoms with E-state index >= 15 is 0 Å². The van der Waals surface area contributed by atoms with Gasteiger partial charge in [-0.05, 0) is 25.3 Å². The van der Waals surface area contributed by atoms with Gasteiger partial charge in [0.05, 0.1) is 12.0 Å². The summed E-state index contributed by atoms with van der Waals surface area (Å²) in [6.07, 6.45) is 1.86. The highest BCUT2D eigenvalue weighted by Crippen LogP contribution is 2.13. The lowest BCUT2D eigenvalue weighted by Crippen LogP contribution is -2.41. The van der Waals surface area contributed by atoms with Crippen LogP contribution < -0.4 is 10.7 Å². The van der Waals surface area contributed by atoms with Gasteiger partial charge in [0.25, 0.3) is 5.91 Å². The van der Waals surface area contributed by atoms with Crippen LogP contribution in [0.15, 0.2) is 39.5 Å². The molecule has 1 heterocycles. The van der Waals surface area contributed by atoms with Gasteiger partial charge in [-0.2, -0.15) is 11.8 Å². The fourth-order valence-corrected chi connectivity index (χ4v) is 2.65. The summed E-state index contributed by atoms with van der Waals surface area (Å²) < 4.78 is 5.47. The zero-order valence-corrected chi connectivity index (χ0v) is 12.6. The highest BCUT2D eigenvalue weighted by Gasteiger charge is 2.20. The van der Waals surface area contributed by atoms with Gasteiger partial charge in [0.2, 0.25) is 0 Å². The highest BCUT2D eigenvalue weighted by atomic mass is 32.2. The normalized spacial score (nSPS) is 13.9. The van der Waals surface area contributed by atoms with E-state index in [4.69, 9.17) is 4.42 Å². The summed E-state index contributed by atoms with van der Waals surface area (Å²) in [7, 11) is 0. The van der Waals surface area contributed by atoms with Crippen LogP contribution in [0, 0.1) is 0 Å². The van der Waals surface area contributed by atoms with Gasteiger partial charge in [0.1, 0.15) is 5.58 Å². The number of aliphatic hydroxyl groups is 1. The van der Waals surface area contributed by atoms with E-state index in [0.717, 1.165) is 0 Å². The summed E-state index contributed by atoms with van der Waals surface area (Å²) in [6, 6.07) is 7.74. The maximum absolute atomic E-state index is 12.2. The number of aliphatic hydroxyl groups excluding tert-OH is 1. The Bertz CT molecular complexity index is 693. The molecule has 1 amide bonds. The van der Waals surface area contributed by atoms with Crippen LogP contribution in [0.4, 0.5) is 0 Å². The quantitative estimate of drug-likeness (QED) is 0.878. The molecule has 1 aromatic heterocycles. The van der Waals surface area contributed by atoms with E-state index in [1.807, 2.05) is 6.26 Å². The standard InChI is InChI=1S/C15H17NO4S/c1-9(14(8-17)21-2)16-15(19)13-7-11(18)10-5-3-4-6-12(10)20-13/h3-7,9,14,17H,8H2,1-2H3,(H,16,19). The van der Waals surface area contributed by atoms with Crippen LogP contribution in [-0.2, 0) is 0 Å². The number of carbonyl (C=O) groups is 1. The van der Waals surface area contributed by atoms with Crippen LogP contribution in [-0.4, -0.2) is 35.2 Å². The summed E-state index contributed by atoms with van der Waals surface area (Å²) in [5.74, 6) is -0.485. The van der Waals surface area contributed by atoms with Gasteiger partial charge in [0, 0.05) is 17.4 Å². The van der Waals surface area contributed by atoms with E-state index in [1.54, 1.807) is 31.2 Å². The van der Waals surface area contributed by atoms with Crippen LogP contribution in [0.2, 0.25) is 0 Å². The molecule has 1 aromatic carbocycles.